The van der Waals surface area contributed by atoms with Gasteiger partial charge in [0.25, 0.3) is 5.78 Å². The Hall–Kier alpha value is -2.23. The van der Waals surface area contributed by atoms with Gasteiger partial charge < -0.3 is 0 Å². The third-order valence-corrected chi connectivity index (χ3v) is 5.56. The third-order valence-electron chi connectivity index (χ3n) is 5.56. The number of rotatable bonds is 2. The van der Waals surface area contributed by atoms with Gasteiger partial charge >= 0.3 is 0 Å². The molecule has 0 atom stereocenters. The van der Waals surface area contributed by atoms with Gasteiger partial charge in [-0.2, -0.15) is 10.1 Å². The number of fused-ring (bicyclic) bond motifs is 1. The largest absolute Gasteiger partial charge is 0.252 e. The van der Waals surface area contributed by atoms with E-state index >= 15 is 0 Å². The molecule has 0 aliphatic heterocycles. The first-order chi connectivity index (χ1) is 13.1. The van der Waals surface area contributed by atoms with Crippen molar-refractivity contribution < 1.29 is 0 Å². The molecule has 1 fully saturated rings. The highest BCUT2D eigenvalue weighted by atomic mass is 15.3. The van der Waals surface area contributed by atoms with Crippen LogP contribution in [0.5, 0.6) is 0 Å². The molecule has 0 bridgehead atoms. The Kier molecular flexibility index (Phi) is 5.93. The van der Waals surface area contributed by atoms with Crippen LogP contribution in [0.3, 0.4) is 0 Å². The summed E-state index contributed by atoms with van der Waals surface area (Å²) >= 11 is 0. The van der Waals surface area contributed by atoms with E-state index in [1.807, 2.05) is 18.4 Å². The van der Waals surface area contributed by atoms with Crippen molar-refractivity contribution >= 4 is 5.78 Å². The van der Waals surface area contributed by atoms with Crippen LogP contribution < -0.4 is 0 Å². The van der Waals surface area contributed by atoms with Gasteiger partial charge in [0.2, 0.25) is 0 Å². The fourth-order valence-electron chi connectivity index (χ4n) is 4.62. The van der Waals surface area contributed by atoms with Gasteiger partial charge in [-0.25, -0.2) is 9.50 Å². The van der Waals surface area contributed by atoms with E-state index in [1.54, 1.807) is 6.33 Å². The predicted octanol–water partition coefficient (Wildman–Crippen LogP) is 6.10. The molecule has 4 heteroatoms. The standard InChI is InChI=1S/C21H26N4.C2H6/c1-13-10-14(2)18(15(3)11-13)19-16(4)24-21-22-12-23-25(21)20(19)17-8-6-5-7-9-17;1-2/h10-12,17H,5-9H2,1-4H3;1-2H3. The number of aromatic nitrogens is 4. The fraction of sp³-hybridized carbons (Fsp3) is 0.522. The zero-order valence-corrected chi connectivity index (χ0v) is 17.6. The van der Waals surface area contributed by atoms with E-state index in [0.29, 0.717) is 5.92 Å². The second kappa shape index (κ2) is 8.20. The molecule has 144 valence electrons. The molecule has 1 aliphatic carbocycles. The molecule has 27 heavy (non-hydrogen) atoms. The van der Waals surface area contributed by atoms with Crippen molar-refractivity contribution in [2.45, 2.75) is 79.6 Å². The Morgan fingerprint density at radius 1 is 0.889 bits per heavy atom. The van der Waals surface area contributed by atoms with Crippen molar-refractivity contribution in [3.63, 3.8) is 0 Å². The molecule has 1 aliphatic rings. The van der Waals surface area contributed by atoms with Gasteiger partial charge in [-0.15, -0.1) is 0 Å². The molecule has 4 nitrogen and oxygen atoms in total. The Balaban J connectivity index is 0.00000102. The van der Waals surface area contributed by atoms with Crippen LogP contribution in [-0.2, 0) is 0 Å². The Morgan fingerprint density at radius 3 is 2.15 bits per heavy atom. The predicted molar refractivity (Wildman–Crippen MR) is 112 cm³/mol. The molecule has 2 heterocycles. The van der Waals surface area contributed by atoms with Crippen molar-refractivity contribution in [3.8, 4) is 11.1 Å². The van der Waals surface area contributed by atoms with E-state index in [2.05, 4.69) is 49.9 Å². The normalized spacial score (nSPS) is 14.9. The highest BCUT2D eigenvalue weighted by Gasteiger charge is 2.26. The van der Waals surface area contributed by atoms with Crippen molar-refractivity contribution in [2.24, 2.45) is 0 Å². The number of benzene rings is 1. The zero-order valence-electron chi connectivity index (χ0n) is 17.6. The highest BCUT2D eigenvalue weighted by molar-refractivity contribution is 5.76. The average molecular weight is 365 g/mol. The molecule has 3 aromatic rings. The lowest BCUT2D eigenvalue weighted by molar-refractivity contribution is 0.431. The Labute approximate surface area is 163 Å². The molecule has 2 aromatic heterocycles. The first kappa shape index (κ1) is 19.5. The summed E-state index contributed by atoms with van der Waals surface area (Å²) in [5, 5.41) is 4.54. The first-order valence-corrected chi connectivity index (χ1v) is 10.3. The van der Waals surface area contributed by atoms with Crippen molar-refractivity contribution in [1.29, 1.82) is 0 Å². The van der Waals surface area contributed by atoms with Gasteiger partial charge in [-0.05, 0) is 57.2 Å². The summed E-state index contributed by atoms with van der Waals surface area (Å²) in [6.07, 6.45) is 8.04. The summed E-state index contributed by atoms with van der Waals surface area (Å²) in [6, 6.07) is 4.55. The van der Waals surface area contributed by atoms with Gasteiger partial charge in [-0.1, -0.05) is 50.8 Å². The van der Waals surface area contributed by atoms with Crippen LogP contribution >= 0.6 is 0 Å². The van der Waals surface area contributed by atoms with E-state index in [9.17, 15) is 0 Å². The maximum atomic E-state index is 4.76. The van der Waals surface area contributed by atoms with E-state index in [4.69, 9.17) is 4.98 Å². The fourth-order valence-corrected chi connectivity index (χ4v) is 4.62. The molecular formula is C23H32N4. The van der Waals surface area contributed by atoms with Crippen molar-refractivity contribution in [2.75, 3.05) is 0 Å². The number of hydrogen-bond donors (Lipinski definition) is 0. The summed E-state index contributed by atoms with van der Waals surface area (Å²) in [6.45, 7) is 12.7. The van der Waals surface area contributed by atoms with Crippen molar-refractivity contribution in [3.05, 3.63) is 46.5 Å². The van der Waals surface area contributed by atoms with E-state index in [-0.39, 0.29) is 0 Å². The number of aryl methyl sites for hydroxylation is 4. The van der Waals surface area contributed by atoms with Crippen LogP contribution in [0, 0.1) is 27.7 Å². The van der Waals surface area contributed by atoms with Crippen LogP contribution in [0.1, 0.15) is 79.9 Å². The van der Waals surface area contributed by atoms with Gasteiger partial charge in [-0.3, -0.25) is 0 Å². The minimum Gasteiger partial charge on any atom is -0.216 e. The SMILES string of the molecule is CC.Cc1cc(C)c(-c2c(C)nc3ncnn3c2C2CCCCC2)c(C)c1. The minimum absolute atomic E-state index is 0.537. The van der Waals surface area contributed by atoms with Crippen LogP contribution in [0.2, 0.25) is 0 Å². The van der Waals surface area contributed by atoms with E-state index in [0.717, 1.165) is 11.5 Å². The summed E-state index contributed by atoms with van der Waals surface area (Å²) in [4.78, 5) is 9.13. The number of hydrogen-bond acceptors (Lipinski definition) is 3. The van der Waals surface area contributed by atoms with Crippen LogP contribution in [0.15, 0.2) is 18.5 Å². The quantitative estimate of drug-likeness (QED) is 0.552. The van der Waals surface area contributed by atoms with Gasteiger partial charge in [0.15, 0.2) is 0 Å². The third kappa shape index (κ3) is 3.62. The van der Waals surface area contributed by atoms with Gasteiger partial charge in [0.05, 0.1) is 11.4 Å². The minimum atomic E-state index is 0.537. The molecule has 1 aromatic carbocycles. The second-order valence-electron chi connectivity index (χ2n) is 7.54. The zero-order chi connectivity index (χ0) is 19.6. The summed E-state index contributed by atoms with van der Waals surface area (Å²) < 4.78 is 2.00. The van der Waals surface area contributed by atoms with Crippen LogP contribution in [0.4, 0.5) is 0 Å². The lowest BCUT2D eigenvalue weighted by atomic mass is 9.81. The van der Waals surface area contributed by atoms with Crippen LogP contribution in [-0.4, -0.2) is 19.6 Å². The summed E-state index contributed by atoms with van der Waals surface area (Å²) in [7, 11) is 0. The summed E-state index contributed by atoms with van der Waals surface area (Å²) in [5.74, 6) is 1.26. The lowest BCUT2D eigenvalue weighted by Crippen LogP contribution is -2.15. The lowest BCUT2D eigenvalue weighted by Gasteiger charge is -2.26. The molecule has 4 rings (SSSR count). The van der Waals surface area contributed by atoms with E-state index in [1.165, 1.54) is 65.6 Å². The topological polar surface area (TPSA) is 43.1 Å². The molecule has 0 saturated heterocycles. The van der Waals surface area contributed by atoms with Gasteiger partial charge in [0, 0.05) is 11.5 Å². The molecule has 1 saturated carbocycles. The Morgan fingerprint density at radius 2 is 1.52 bits per heavy atom. The van der Waals surface area contributed by atoms with E-state index < -0.39 is 0 Å². The van der Waals surface area contributed by atoms with Crippen molar-refractivity contribution in [1.82, 2.24) is 19.6 Å². The maximum Gasteiger partial charge on any atom is 0.252 e. The van der Waals surface area contributed by atoms with Gasteiger partial charge in [0.1, 0.15) is 6.33 Å². The average Bonchev–Trinajstić information content (AvgIpc) is 3.11. The highest BCUT2D eigenvalue weighted by Crippen LogP contribution is 2.41. The molecular weight excluding hydrogens is 332 g/mol. The summed E-state index contributed by atoms with van der Waals surface area (Å²) in [5.41, 5.74) is 8.93. The number of nitrogens with zero attached hydrogens (tertiary/aromatic N) is 4. The molecule has 0 radical (unpaired) electrons. The molecule has 0 spiro atoms. The maximum absolute atomic E-state index is 4.76. The smallest absolute Gasteiger partial charge is 0.216 e. The second-order valence-corrected chi connectivity index (χ2v) is 7.54. The monoisotopic (exact) mass is 364 g/mol. The first-order valence-electron chi connectivity index (χ1n) is 10.3. The molecule has 0 unspecified atom stereocenters. The molecule has 0 N–H and O–H groups in total. The Bertz CT molecular complexity index is 910. The molecule has 0 amide bonds. The van der Waals surface area contributed by atoms with Crippen LogP contribution in [0.25, 0.3) is 16.9 Å².